The number of hydrogen-bond donors (Lipinski definition) is 1. The summed E-state index contributed by atoms with van der Waals surface area (Å²) in [6, 6.07) is 0. The van der Waals surface area contributed by atoms with Gasteiger partial charge in [0.2, 0.25) is 0 Å². The lowest BCUT2D eigenvalue weighted by molar-refractivity contribution is -0.0467. The summed E-state index contributed by atoms with van der Waals surface area (Å²) >= 11 is 0. The van der Waals surface area contributed by atoms with Crippen LogP contribution in [0.1, 0.15) is 13.3 Å². The lowest BCUT2D eigenvalue weighted by Gasteiger charge is -2.02. The zero-order valence-electron chi connectivity index (χ0n) is 4.92. The van der Waals surface area contributed by atoms with E-state index in [0.29, 0.717) is 6.61 Å². The van der Waals surface area contributed by atoms with Crippen molar-refractivity contribution in [2.24, 2.45) is 0 Å². The Hall–Kier alpha value is -0.340. The molecule has 8 heavy (non-hydrogen) atoms. The molecule has 1 aliphatic heterocycles. The van der Waals surface area contributed by atoms with Crippen molar-refractivity contribution in [2.75, 3.05) is 6.61 Å². The third-order valence-electron chi connectivity index (χ3n) is 1.33. The molecule has 1 rings (SSSR count). The molecule has 0 aromatic heterocycles. The first kappa shape index (κ1) is 5.79. The number of rotatable bonds is 1. The van der Waals surface area contributed by atoms with Crippen LogP contribution in [0.4, 0.5) is 0 Å². The quantitative estimate of drug-likeness (QED) is 0.508. The fraction of sp³-hybridized carbons (Fsp3) is 0.667. The monoisotopic (exact) mass is 114 g/mol. The molecule has 2 heteroatoms. The van der Waals surface area contributed by atoms with E-state index in [1.165, 1.54) is 0 Å². The summed E-state index contributed by atoms with van der Waals surface area (Å²) in [4.78, 5) is 0. The molecule has 1 unspecified atom stereocenters. The first-order valence-electron chi connectivity index (χ1n) is 2.83. The molecule has 0 bridgehead atoms. The van der Waals surface area contributed by atoms with Crippen molar-refractivity contribution in [1.29, 1.82) is 0 Å². The molecular formula is C6H10O2. The van der Waals surface area contributed by atoms with Gasteiger partial charge >= 0.3 is 0 Å². The zero-order chi connectivity index (χ0) is 5.98. The Morgan fingerprint density at radius 3 is 3.00 bits per heavy atom. The number of aliphatic hydroxyl groups excluding tert-OH is 1. The van der Waals surface area contributed by atoms with Crippen molar-refractivity contribution in [2.45, 2.75) is 19.6 Å². The smallest absolute Gasteiger partial charge is 0.177 e. The molecule has 46 valence electrons. The van der Waals surface area contributed by atoms with E-state index in [0.717, 1.165) is 12.0 Å². The van der Waals surface area contributed by atoms with E-state index in [1.807, 2.05) is 13.0 Å². The molecule has 0 aliphatic carbocycles. The zero-order valence-corrected chi connectivity index (χ0v) is 4.92. The highest BCUT2D eigenvalue weighted by Gasteiger charge is 2.13. The van der Waals surface area contributed by atoms with Crippen molar-refractivity contribution in [3.8, 4) is 0 Å². The molecule has 0 amide bonds. The molecule has 0 fully saturated rings. The molecule has 0 radical (unpaired) electrons. The molecule has 0 saturated carbocycles. The Balaban J connectivity index is 2.49. The molecule has 1 N–H and O–H groups in total. The van der Waals surface area contributed by atoms with Gasteiger partial charge < -0.3 is 9.84 Å². The van der Waals surface area contributed by atoms with E-state index in [2.05, 4.69) is 0 Å². The van der Waals surface area contributed by atoms with Gasteiger partial charge in [-0.15, -0.1) is 0 Å². The van der Waals surface area contributed by atoms with Crippen LogP contribution in [0, 0.1) is 0 Å². The number of aliphatic hydroxyl groups is 1. The second-order valence-electron chi connectivity index (χ2n) is 1.82. The summed E-state index contributed by atoms with van der Waals surface area (Å²) in [5.41, 5.74) is 1.00. The van der Waals surface area contributed by atoms with Gasteiger partial charge in [0.05, 0.1) is 6.61 Å². The van der Waals surface area contributed by atoms with Gasteiger partial charge in [-0.2, -0.15) is 0 Å². The van der Waals surface area contributed by atoms with Gasteiger partial charge in [-0.1, -0.05) is 13.0 Å². The van der Waals surface area contributed by atoms with E-state index in [4.69, 9.17) is 9.84 Å². The Morgan fingerprint density at radius 2 is 2.75 bits per heavy atom. The van der Waals surface area contributed by atoms with Crippen molar-refractivity contribution in [1.82, 2.24) is 0 Å². The molecule has 0 spiro atoms. The molecule has 2 nitrogen and oxygen atoms in total. The maximum Gasteiger partial charge on any atom is 0.177 e. The number of hydrogen-bond acceptors (Lipinski definition) is 2. The number of ether oxygens (including phenoxy) is 1. The molecule has 1 heterocycles. The summed E-state index contributed by atoms with van der Waals surface area (Å²) < 4.78 is 4.82. The van der Waals surface area contributed by atoms with E-state index in [-0.39, 0.29) is 0 Å². The fourth-order valence-electron chi connectivity index (χ4n) is 0.773. The van der Waals surface area contributed by atoms with E-state index in [1.54, 1.807) is 0 Å². The molecule has 0 aromatic carbocycles. The Morgan fingerprint density at radius 1 is 2.00 bits per heavy atom. The SMILES string of the molecule is CCC1=CCOC1O. The van der Waals surface area contributed by atoms with Crippen LogP contribution in [0.5, 0.6) is 0 Å². The van der Waals surface area contributed by atoms with Gasteiger partial charge in [0, 0.05) is 0 Å². The third-order valence-corrected chi connectivity index (χ3v) is 1.33. The summed E-state index contributed by atoms with van der Waals surface area (Å²) in [7, 11) is 0. The highest BCUT2D eigenvalue weighted by Crippen LogP contribution is 2.13. The predicted octanol–water partition coefficient (Wildman–Crippen LogP) is 0.671. The van der Waals surface area contributed by atoms with Crippen molar-refractivity contribution in [3.63, 3.8) is 0 Å². The molecule has 1 aliphatic rings. The minimum Gasteiger partial charge on any atom is -0.364 e. The summed E-state index contributed by atoms with van der Waals surface area (Å²) in [5, 5.41) is 8.90. The molecule has 0 aromatic rings. The van der Waals surface area contributed by atoms with Crippen LogP contribution in [0.3, 0.4) is 0 Å². The van der Waals surface area contributed by atoms with Crippen LogP contribution < -0.4 is 0 Å². The normalized spacial score (nSPS) is 28.2. The van der Waals surface area contributed by atoms with Gasteiger partial charge in [0.25, 0.3) is 0 Å². The maximum atomic E-state index is 8.90. The Labute approximate surface area is 48.8 Å². The van der Waals surface area contributed by atoms with E-state index in [9.17, 15) is 0 Å². The van der Waals surface area contributed by atoms with E-state index >= 15 is 0 Å². The largest absolute Gasteiger partial charge is 0.364 e. The highest BCUT2D eigenvalue weighted by molar-refractivity contribution is 5.08. The van der Waals surface area contributed by atoms with Crippen molar-refractivity contribution >= 4 is 0 Å². The lowest BCUT2D eigenvalue weighted by Crippen LogP contribution is -2.06. The van der Waals surface area contributed by atoms with Gasteiger partial charge in [-0.25, -0.2) is 0 Å². The first-order valence-corrected chi connectivity index (χ1v) is 2.83. The van der Waals surface area contributed by atoms with Crippen LogP contribution in [-0.2, 0) is 4.74 Å². The predicted molar refractivity (Wildman–Crippen MR) is 30.3 cm³/mol. The second-order valence-corrected chi connectivity index (χ2v) is 1.82. The van der Waals surface area contributed by atoms with Crippen LogP contribution in [0.15, 0.2) is 11.6 Å². The van der Waals surface area contributed by atoms with E-state index < -0.39 is 6.29 Å². The lowest BCUT2D eigenvalue weighted by atomic mass is 10.2. The summed E-state index contributed by atoms with van der Waals surface area (Å²) in [5.74, 6) is 0. The summed E-state index contributed by atoms with van der Waals surface area (Å²) in [6.45, 7) is 2.58. The fourth-order valence-corrected chi connectivity index (χ4v) is 0.773. The standard InChI is InChI=1S/C6H10O2/c1-2-5-3-4-8-6(5)7/h3,6-7H,2,4H2,1H3. The highest BCUT2D eigenvalue weighted by atomic mass is 16.6. The van der Waals surface area contributed by atoms with Crippen LogP contribution in [-0.4, -0.2) is 18.0 Å². The Bertz CT molecular complexity index is 107. The summed E-state index contributed by atoms with van der Waals surface area (Å²) in [6.07, 6.45) is 2.20. The molecule has 1 atom stereocenters. The molecular weight excluding hydrogens is 104 g/mol. The first-order chi connectivity index (χ1) is 3.84. The maximum absolute atomic E-state index is 8.90. The average molecular weight is 114 g/mol. The van der Waals surface area contributed by atoms with Crippen LogP contribution >= 0.6 is 0 Å². The van der Waals surface area contributed by atoms with Gasteiger partial charge in [0.1, 0.15) is 0 Å². The minimum absolute atomic E-state index is 0.574. The van der Waals surface area contributed by atoms with Gasteiger partial charge in [0.15, 0.2) is 6.29 Å². The molecule has 0 saturated heterocycles. The minimum atomic E-state index is -0.611. The van der Waals surface area contributed by atoms with Gasteiger partial charge in [-0.3, -0.25) is 0 Å². The Kier molecular flexibility index (Phi) is 1.65. The van der Waals surface area contributed by atoms with Crippen molar-refractivity contribution in [3.05, 3.63) is 11.6 Å². The van der Waals surface area contributed by atoms with Gasteiger partial charge in [-0.05, 0) is 12.0 Å². The van der Waals surface area contributed by atoms with Crippen molar-refractivity contribution < 1.29 is 9.84 Å². The van der Waals surface area contributed by atoms with Crippen LogP contribution in [0.25, 0.3) is 0 Å². The topological polar surface area (TPSA) is 29.5 Å². The second kappa shape index (κ2) is 2.29. The third kappa shape index (κ3) is 0.904. The van der Waals surface area contributed by atoms with Crippen LogP contribution in [0.2, 0.25) is 0 Å². The average Bonchev–Trinajstić information content (AvgIpc) is 2.14.